The van der Waals surface area contributed by atoms with Gasteiger partial charge in [-0.3, -0.25) is 9.80 Å². The van der Waals surface area contributed by atoms with Gasteiger partial charge < -0.3 is 37.9 Å². The second kappa shape index (κ2) is 13.3. The summed E-state index contributed by atoms with van der Waals surface area (Å²) in [6, 6.07) is 15.9. The molecular formula is C42H46N2O8. The van der Waals surface area contributed by atoms with E-state index in [0.29, 0.717) is 25.7 Å². The number of benzene rings is 4. The molecule has 10 heteroatoms. The Kier molecular flexibility index (Phi) is 8.47. The van der Waals surface area contributed by atoms with Gasteiger partial charge in [0.05, 0.1) is 28.4 Å². The van der Waals surface area contributed by atoms with Gasteiger partial charge in [0.1, 0.15) is 0 Å². The highest BCUT2D eigenvalue weighted by Crippen LogP contribution is 2.48. The summed E-state index contributed by atoms with van der Waals surface area (Å²) in [5, 5.41) is 0. The van der Waals surface area contributed by atoms with Crippen molar-refractivity contribution in [2.45, 2.75) is 64.2 Å². The van der Waals surface area contributed by atoms with Crippen LogP contribution < -0.4 is 37.9 Å². The number of hydrogen-bond donors (Lipinski definition) is 0. The number of hydrogen-bond acceptors (Lipinski definition) is 10. The van der Waals surface area contributed by atoms with Crippen molar-refractivity contribution in [1.29, 1.82) is 0 Å². The first-order chi connectivity index (χ1) is 25.5. The molecule has 2 atom stereocenters. The summed E-state index contributed by atoms with van der Waals surface area (Å²) in [5.41, 5.74) is 12.3. The largest absolute Gasteiger partial charge is 0.493 e. The molecule has 0 amide bonds. The molecule has 0 bridgehead atoms. The molecule has 0 aromatic heterocycles. The average molecular weight is 707 g/mol. The summed E-state index contributed by atoms with van der Waals surface area (Å²) < 4.78 is 44.7. The van der Waals surface area contributed by atoms with Gasteiger partial charge in [0.25, 0.3) is 0 Å². The van der Waals surface area contributed by atoms with Gasteiger partial charge in [0.15, 0.2) is 46.0 Å². The second-order valence-corrected chi connectivity index (χ2v) is 14.2. The van der Waals surface area contributed by atoms with Crippen molar-refractivity contribution in [3.63, 3.8) is 0 Å². The number of methoxy groups -OCH3 is 4. The molecule has 4 aromatic rings. The van der Waals surface area contributed by atoms with E-state index in [0.717, 1.165) is 104 Å². The number of rotatable bonds is 5. The molecule has 10 nitrogen and oxygen atoms in total. The first-order valence-corrected chi connectivity index (χ1v) is 18.3. The van der Waals surface area contributed by atoms with Crippen LogP contribution in [0.15, 0.2) is 42.5 Å². The Morgan fingerprint density at radius 1 is 0.558 bits per heavy atom. The van der Waals surface area contributed by atoms with E-state index in [1.165, 1.54) is 50.1 Å². The maximum absolute atomic E-state index is 5.69. The van der Waals surface area contributed by atoms with Crippen LogP contribution in [0.25, 0.3) is 0 Å². The molecule has 272 valence electrons. The van der Waals surface area contributed by atoms with Crippen molar-refractivity contribution in [3.8, 4) is 46.0 Å². The van der Waals surface area contributed by atoms with Crippen LogP contribution >= 0.6 is 0 Å². The molecule has 0 spiro atoms. The molecule has 6 aliphatic rings. The maximum Gasteiger partial charge on any atom is 0.231 e. The van der Waals surface area contributed by atoms with Crippen molar-refractivity contribution in [1.82, 2.24) is 9.80 Å². The third-order valence-electron chi connectivity index (χ3n) is 11.8. The van der Waals surface area contributed by atoms with E-state index in [9.17, 15) is 0 Å². The molecule has 0 saturated heterocycles. The molecule has 0 unspecified atom stereocenters. The third kappa shape index (κ3) is 5.46. The van der Waals surface area contributed by atoms with Gasteiger partial charge in [-0.05, 0) is 119 Å². The molecular weight excluding hydrogens is 660 g/mol. The predicted molar refractivity (Wildman–Crippen MR) is 195 cm³/mol. The van der Waals surface area contributed by atoms with Gasteiger partial charge in [-0.25, -0.2) is 0 Å². The Bertz CT molecular complexity index is 2050. The van der Waals surface area contributed by atoms with Gasteiger partial charge in [0.2, 0.25) is 13.6 Å². The normalized spacial score (nSPS) is 20.2. The Hall–Kier alpha value is -4.80. The van der Waals surface area contributed by atoms with Crippen molar-refractivity contribution in [2.24, 2.45) is 0 Å². The minimum atomic E-state index is 0.326. The van der Waals surface area contributed by atoms with Crippen LogP contribution in [-0.2, 0) is 45.2 Å². The monoisotopic (exact) mass is 706 g/mol. The Labute approximate surface area is 305 Å². The van der Waals surface area contributed by atoms with Crippen LogP contribution in [0.4, 0.5) is 0 Å². The van der Waals surface area contributed by atoms with Crippen molar-refractivity contribution >= 4 is 0 Å². The molecule has 6 aliphatic heterocycles. The Morgan fingerprint density at radius 2 is 1.06 bits per heavy atom. The summed E-state index contributed by atoms with van der Waals surface area (Å²) in [7, 11) is 6.83. The molecule has 0 fully saturated rings. The smallest absolute Gasteiger partial charge is 0.231 e. The fraction of sp³-hybridized carbons (Fsp3) is 0.429. The van der Waals surface area contributed by atoms with E-state index in [-0.39, 0.29) is 0 Å². The standard InChI is InChI=1S/C22H25NO4.C20H21NO4/c1-4-15-17-11-23-6-5-13-8-19-20(27-12-26-19)10-16(13)18(23)7-14(17)9-21(24-2)22(15)25-3;1-22-17-7-13-5-16-15-9-20-19(24-11-25-20)6-12(15)3-4-21(16)10-14(13)8-18(17)23-2/h8-10,18H,4-7,11-12H2,1-3H3;6-9,16H,3-5,10-11H2,1-2H3/t18-;16-/m00/s1. The van der Waals surface area contributed by atoms with Crippen molar-refractivity contribution in [2.75, 3.05) is 55.1 Å². The molecule has 6 heterocycles. The van der Waals surface area contributed by atoms with E-state index in [2.05, 4.69) is 59.2 Å². The third-order valence-corrected chi connectivity index (χ3v) is 11.8. The predicted octanol–water partition coefficient (Wildman–Crippen LogP) is 6.74. The fourth-order valence-electron chi connectivity index (χ4n) is 9.20. The Morgan fingerprint density at radius 3 is 1.60 bits per heavy atom. The van der Waals surface area contributed by atoms with E-state index >= 15 is 0 Å². The number of ether oxygens (including phenoxy) is 8. The topological polar surface area (TPSA) is 80.3 Å². The van der Waals surface area contributed by atoms with Crippen LogP contribution in [-0.4, -0.2) is 64.9 Å². The fourth-order valence-corrected chi connectivity index (χ4v) is 9.20. The SMILES string of the molecule is CCc1c2c(cc(OC)c1OC)C[C@H]1c3cc4c(cc3CCN1C2)OCO4.COc1cc2c(cc1OC)CN1CCc3cc4c(cc3[C@@H]1C2)OCO4. The van der Waals surface area contributed by atoms with E-state index < -0.39 is 0 Å². The van der Waals surface area contributed by atoms with Gasteiger partial charge in [0, 0.05) is 43.8 Å². The summed E-state index contributed by atoms with van der Waals surface area (Å²) in [6.07, 6.45) is 4.99. The first kappa shape index (κ1) is 33.1. The lowest BCUT2D eigenvalue weighted by Gasteiger charge is -2.42. The molecule has 0 N–H and O–H groups in total. The Balaban J connectivity index is 0.000000139. The number of nitrogens with zero attached hydrogens (tertiary/aromatic N) is 2. The minimum Gasteiger partial charge on any atom is -0.493 e. The average Bonchev–Trinajstić information content (AvgIpc) is 3.85. The number of fused-ring (bicyclic) bond motifs is 10. The zero-order valence-corrected chi connectivity index (χ0v) is 30.6. The summed E-state index contributed by atoms with van der Waals surface area (Å²) >= 11 is 0. The van der Waals surface area contributed by atoms with Crippen LogP contribution in [0.2, 0.25) is 0 Å². The molecule has 0 saturated carbocycles. The lowest BCUT2D eigenvalue weighted by Crippen LogP contribution is -2.39. The lowest BCUT2D eigenvalue weighted by atomic mass is 9.82. The van der Waals surface area contributed by atoms with Gasteiger partial charge >= 0.3 is 0 Å². The van der Waals surface area contributed by atoms with Crippen molar-refractivity contribution < 1.29 is 37.9 Å². The highest BCUT2D eigenvalue weighted by molar-refractivity contribution is 5.58. The summed E-state index contributed by atoms with van der Waals surface area (Å²) in [6.45, 7) is 6.86. The minimum absolute atomic E-state index is 0.326. The molecule has 0 radical (unpaired) electrons. The highest BCUT2D eigenvalue weighted by Gasteiger charge is 2.37. The first-order valence-electron chi connectivity index (χ1n) is 18.3. The van der Waals surface area contributed by atoms with E-state index in [1.54, 1.807) is 28.4 Å². The molecule has 0 aliphatic carbocycles. The summed E-state index contributed by atoms with van der Waals surface area (Å²) in [4.78, 5) is 5.15. The van der Waals surface area contributed by atoms with Crippen LogP contribution in [0, 0.1) is 0 Å². The van der Waals surface area contributed by atoms with Gasteiger partial charge in [-0.2, -0.15) is 0 Å². The van der Waals surface area contributed by atoms with Gasteiger partial charge in [-0.1, -0.05) is 6.92 Å². The van der Waals surface area contributed by atoms with E-state index in [4.69, 9.17) is 37.9 Å². The lowest BCUT2D eigenvalue weighted by molar-refractivity contribution is 0.159. The van der Waals surface area contributed by atoms with Gasteiger partial charge in [-0.15, -0.1) is 0 Å². The van der Waals surface area contributed by atoms with Crippen LogP contribution in [0.3, 0.4) is 0 Å². The molecule has 4 aromatic carbocycles. The zero-order valence-electron chi connectivity index (χ0n) is 30.6. The molecule has 52 heavy (non-hydrogen) atoms. The molecule has 10 rings (SSSR count). The highest BCUT2D eigenvalue weighted by atomic mass is 16.7. The van der Waals surface area contributed by atoms with Crippen molar-refractivity contribution in [3.05, 3.63) is 92.5 Å². The second-order valence-electron chi connectivity index (χ2n) is 14.2. The summed E-state index contributed by atoms with van der Waals surface area (Å²) in [5.74, 6) is 6.85. The quantitative estimate of drug-likeness (QED) is 0.223. The van der Waals surface area contributed by atoms with E-state index in [1.807, 2.05) is 0 Å². The maximum atomic E-state index is 5.69. The van der Waals surface area contributed by atoms with Crippen LogP contribution in [0.1, 0.15) is 69.1 Å². The van der Waals surface area contributed by atoms with Crippen LogP contribution in [0.5, 0.6) is 46.0 Å². The zero-order chi connectivity index (χ0) is 35.5.